The highest BCUT2D eigenvalue weighted by molar-refractivity contribution is 5.98. The largest absolute Gasteiger partial charge is 0.506 e. The average Bonchev–Trinajstić information content (AvgIpc) is 1.60. The van der Waals surface area contributed by atoms with E-state index in [-0.39, 0.29) is 84.6 Å². The molecule has 3 aromatic heterocycles. The quantitative estimate of drug-likeness (QED) is 0.0668. The Kier molecular flexibility index (Phi) is 17.9. The van der Waals surface area contributed by atoms with Gasteiger partial charge in [-0.2, -0.15) is 26.3 Å². The first-order chi connectivity index (χ1) is 44.7. The van der Waals surface area contributed by atoms with Gasteiger partial charge in [-0.3, -0.25) is 4.98 Å². The molecule has 12 rings (SSSR count). The molecule has 8 bridgehead atoms. The number of aromatic amines is 2. The maximum absolute atomic E-state index is 14.9. The molecular formula is C64H58F6N4O20. The Labute approximate surface area is 525 Å². The van der Waals surface area contributed by atoms with E-state index in [2.05, 4.69) is 9.97 Å². The minimum absolute atomic E-state index is 0.0212. The SMILES string of the molecule is OCC1O[C@@H](Oc2cccc(-c3c4nc(c(-c5cccc(O[C@@H]6OC(CO)[C@H](O)C(O)C6O)c5)c5ccc([nH]5)c(-c5cc(C(F)(F)F)cc(C(F)(F)F)c5)c5nc(c(-c6cccc(O[C@@H]7OC(CO)[C@H](O)C(O)C7O)c6)c6ccc3[nH]6)C(O)C5O)C=C4)c2)C(O)C(O)=C1O. The molecule has 7 aromatic rings. The number of hydrogen-bond acceptors (Lipinski definition) is 22. The molecule has 0 aliphatic carbocycles. The molecule has 0 radical (unpaired) electrons. The van der Waals surface area contributed by atoms with Crippen molar-refractivity contribution in [2.75, 3.05) is 19.8 Å². The number of aliphatic hydroxyl groups excluding tert-OH is 14. The molecule has 2 saturated heterocycles. The van der Waals surface area contributed by atoms with Gasteiger partial charge in [0.15, 0.2) is 17.6 Å². The Morgan fingerprint density at radius 3 is 1.20 bits per heavy atom. The lowest BCUT2D eigenvalue weighted by Gasteiger charge is -2.39. The zero-order valence-electron chi connectivity index (χ0n) is 48.3. The van der Waals surface area contributed by atoms with Crippen molar-refractivity contribution >= 4 is 34.2 Å². The van der Waals surface area contributed by atoms with Crippen molar-refractivity contribution in [3.05, 3.63) is 161 Å². The number of hydrogen-bond donors (Lipinski definition) is 16. The van der Waals surface area contributed by atoms with Gasteiger partial charge in [0.05, 0.1) is 53.7 Å². The van der Waals surface area contributed by atoms with Gasteiger partial charge in [0.25, 0.3) is 0 Å². The minimum Gasteiger partial charge on any atom is -0.506 e. The van der Waals surface area contributed by atoms with Gasteiger partial charge in [0.1, 0.15) is 84.4 Å². The van der Waals surface area contributed by atoms with E-state index in [1.807, 2.05) is 0 Å². The van der Waals surface area contributed by atoms with Gasteiger partial charge in [0.2, 0.25) is 18.9 Å². The lowest BCUT2D eigenvalue weighted by Crippen LogP contribution is -2.60. The number of alkyl halides is 6. The summed E-state index contributed by atoms with van der Waals surface area (Å²) in [5.41, 5.74) is -4.88. The van der Waals surface area contributed by atoms with Gasteiger partial charge in [0, 0.05) is 44.3 Å². The summed E-state index contributed by atoms with van der Waals surface area (Å²) in [6, 6.07) is 24.0. The monoisotopic (exact) mass is 1320 g/mol. The Morgan fingerprint density at radius 1 is 0.404 bits per heavy atom. The summed E-state index contributed by atoms with van der Waals surface area (Å²) in [6.07, 6.45) is -34.4. The lowest BCUT2D eigenvalue weighted by molar-refractivity contribution is -0.277. The molecule has 4 aromatic carbocycles. The molecule has 496 valence electrons. The van der Waals surface area contributed by atoms with Crippen LogP contribution < -0.4 is 14.2 Å². The molecular weight excluding hydrogens is 1260 g/mol. The summed E-state index contributed by atoms with van der Waals surface area (Å²) >= 11 is 0. The van der Waals surface area contributed by atoms with Crippen molar-refractivity contribution in [3.8, 4) is 61.8 Å². The van der Waals surface area contributed by atoms with Gasteiger partial charge < -0.3 is 110 Å². The van der Waals surface area contributed by atoms with Crippen molar-refractivity contribution < 1.29 is 126 Å². The van der Waals surface area contributed by atoms with Crippen LogP contribution in [0.2, 0.25) is 0 Å². The second kappa shape index (κ2) is 25.6. The van der Waals surface area contributed by atoms with Crippen LogP contribution in [0.25, 0.3) is 78.7 Å². The van der Waals surface area contributed by atoms with Crippen molar-refractivity contribution in [1.82, 2.24) is 19.9 Å². The molecule has 0 amide bonds. The van der Waals surface area contributed by atoms with Gasteiger partial charge in [-0.25, -0.2) is 4.98 Å². The van der Waals surface area contributed by atoms with Crippen LogP contribution in [-0.4, -0.2) is 191 Å². The van der Waals surface area contributed by atoms with E-state index in [0.717, 1.165) is 0 Å². The Balaban J connectivity index is 1.15. The van der Waals surface area contributed by atoms with Crippen LogP contribution in [0.3, 0.4) is 0 Å². The summed E-state index contributed by atoms with van der Waals surface area (Å²) in [7, 11) is 0. The van der Waals surface area contributed by atoms with Crippen molar-refractivity contribution in [3.63, 3.8) is 0 Å². The third-order valence-corrected chi connectivity index (χ3v) is 16.5. The second-order valence-corrected chi connectivity index (χ2v) is 22.6. The number of aromatic nitrogens is 4. The maximum atomic E-state index is 14.9. The first-order valence-electron chi connectivity index (χ1n) is 28.9. The first-order valence-corrected chi connectivity index (χ1v) is 28.9. The summed E-state index contributed by atoms with van der Waals surface area (Å²) in [5, 5.41) is 151. The third-order valence-electron chi connectivity index (χ3n) is 16.5. The minimum atomic E-state index is -5.39. The first kappa shape index (κ1) is 65.5. The van der Waals surface area contributed by atoms with Crippen LogP contribution in [0.1, 0.15) is 46.1 Å². The number of fused-ring (bicyclic) bond motifs is 8. The topological polar surface area (TPSA) is 396 Å². The fraction of sp³-hybridized carbons (Fsp3) is 0.312. The van der Waals surface area contributed by atoms with E-state index in [4.69, 9.17) is 38.4 Å². The Hall–Kier alpha value is -8.54. The van der Waals surface area contributed by atoms with E-state index in [0.29, 0.717) is 17.7 Å². The zero-order valence-corrected chi connectivity index (χ0v) is 48.3. The molecule has 94 heavy (non-hydrogen) atoms. The fourth-order valence-corrected chi connectivity index (χ4v) is 11.7. The number of H-pyrrole nitrogens is 2. The molecule has 16 N–H and O–H groups in total. The highest BCUT2D eigenvalue weighted by Crippen LogP contribution is 2.48. The van der Waals surface area contributed by atoms with E-state index in [1.165, 1.54) is 78.9 Å². The molecule has 5 aliphatic rings. The van der Waals surface area contributed by atoms with Gasteiger partial charge in [-0.15, -0.1) is 0 Å². The smallest absolute Gasteiger partial charge is 0.416 e. The average molecular weight is 1320 g/mol. The van der Waals surface area contributed by atoms with Crippen LogP contribution in [0.5, 0.6) is 17.2 Å². The van der Waals surface area contributed by atoms with E-state index in [1.54, 1.807) is 30.4 Å². The number of rotatable bonds is 13. The number of halogens is 6. The number of benzene rings is 4. The van der Waals surface area contributed by atoms with Gasteiger partial charge >= 0.3 is 12.4 Å². The predicted octanol–water partition coefficient (Wildman–Crippen LogP) is 5.10. The highest BCUT2D eigenvalue weighted by Gasteiger charge is 2.47. The molecule has 24 nitrogen and oxygen atoms in total. The summed E-state index contributed by atoms with van der Waals surface area (Å²) < 4.78 is 124. The number of nitrogens with zero attached hydrogens (tertiary/aromatic N) is 2. The van der Waals surface area contributed by atoms with Crippen molar-refractivity contribution in [2.24, 2.45) is 0 Å². The number of nitrogens with one attached hydrogen (secondary N) is 2. The molecule has 0 saturated carbocycles. The van der Waals surface area contributed by atoms with Crippen LogP contribution in [0, 0.1) is 0 Å². The molecule has 2 fully saturated rings. The fourth-order valence-electron chi connectivity index (χ4n) is 11.7. The lowest BCUT2D eigenvalue weighted by atomic mass is 9.95. The molecule has 8 heterocycles. The molecule has 30 heteroatoms. The predicted molar refractivity (Wildman–Crippen MR) is 315 cm³/mol. The number of ether oxygens (including phenoxy) is 6. The van der Waals surface area contributed by atoms with E-state index < -0.39 is 169 Å². The Morgan fingerprint density at radius 2 is 0.798 bits per heavy atom. The molecule has 10 unspecified atom stereocenters. The van der Waals surface area contributed by atoms with Crippen LogP contribution in [0.15, 0.2) is 127 Å². The van der Waals surface area contributed by atoms with Gasteiger partial charge in [-0.05, 0) is 113 Å². The zero-order chi connectivity index (χ0) is 67.0. The van der Waals surface area contributed by atoms with Gasteiger partial charge in [-0.1, -0.05) is 36.4 Å². The normalized spacial score (nSPS) is 27.4. The molecule has 0 spiro atoms. The third kappa shape index (κ3) is 12.3. The van der Waals surface area contributed by atoms with E-state index in [9.17, 15) is 97.8 Å². The van der Waals surface area contributed by atoms with Crippen molar-refractivity contribution in [2.45, 2.75) is 104 Å². The Bertz CT molecular complexity index is 4220. The van der Waals surface area contributed by atoms with Crippen LogP contribution >= 0.6 is 0 Å². The second-order valence-electron chi connectivity index (χ2n) is 22.6. The summed E-state index contributed by atoms with van der Waals surface area (Å²) in [6.45, 7) is -2.43. The highest BCUT2D eigenvalue weighted by atomic mass is 19.4. The summed E-state index contributed by atoms with van der Waals surface area (Å²) in [4.78, 5) is 16.3. The van der Waals surface area contributed by atoms with Crippen LogP contribution in [0.4, 0.5) is 26.3 Å². The number of aliphatic hydroxyl groups is 14. The van der Waals surface area contributed by atoms with Crippen LogP contribution in [-0.2, 0) is 26.6 Å². The van der Waals surface area contributed by atoms with E-state index >= 15 is 0 Å². The molecule has 15 atom stereocenters. The summed E-state index contributed by atoms with van der Waals surface area (Å²) in [5.74, 6) is -1.97. The van der Waals surface area contributed by atoms with Crippen molar-refractivity contribution in [1.29, 1.82) is 0 Å². The standard InChI is InChI=1S/C64H58F6N4O20/c65-63(66,67)29-16-28(17-30(21-29)64(68,69)70)46-39-15-13-37(73-39)44(26-5-2-8-32(19-26)90-61-58(87)55(84)50(79)41(23-76)93-61)35-11-10-34(71-35)43(25-4-1-7-31(18-25)89-60-57(86)54(83)49(78)40(22-75)92-60)36-12-14-38(72-36)45(47-52(81)53(82)48(46)74-47)27-6-3-9-33(20-27)91-62-59(88)56(85)51(80)42(24-77)94-62/h1-21,40-42,50-53,55-62,72-73,75-88H,22-24H2/t40?,41?,42?,50-,51-,52?,53?,55?,56?,57?,58?,59?,60+,61+,62+/m0/s1. The maximum Gasteiger partial charge on any atom is 0.416 e. The molecule has 5 aliphatic heterocycles.